The Morgan fingerprint density at radius 1 is 1.29 bits per heavy atom. The Kier molecular flexibility index (Phi) is 8.94. The summed E-state index contributed by atoms with van der Waals surface area (Å²) in [5.41, 5.74) is 3.08. The largest absolute Gasteiger partial charge is 0.444 e. The minimum atomic E-state index is 0. The van der Waals surface area contributed by atoms with E-state index in [0.29, 0.717) is 31.4 Å². The maximum atomic E-state index is 5.54. The lowest BCUT2D eigenvalue weighted by molar-refractivity contribution is 0.572. The second kappa shape index (κ2) is 10.7. The summed E-state index contributed by atoms with van der Waals surface area (Å²) in [6, 6.07) is 8.11. The van der Waals surface area contributed by atoms with Gasteiger partial charge in [0, 0.05) is 25.1 Å². The average molecular weight is 438 g/mol. The third-order valence-corrected chi connectivity index (χ3v) is 3.19. The molecular weight excluding hydrogens is 415 g/mol. The number of nitrogens with zero attached hydrogens (tertiary/aromatic N) is 2. The molecule has 2 N–H and O–H groups in total. The van der Waals surface area contributed by atoms with Crippen molar-refractivity contribution in [3.63, 3.8) is 0 Å². The summed E-state index contributed by atoms with van der Waals surface area (Å²) in [6.07, 6.45) is 7.64. The first-order valence-electron chi connectivity index (χ1n) is 7.70. The molecule has 6 heteroatoms. The number of guanidine groups is 1. The van der Waals surface area contributed by atoms with Crippen LogP contribution in [-0.4, -0.2) is 30.6 Å². The van der Waals surface area contributed by atoms with E-state index in [-0.39, 0.29) is 24.0 Å². The van der Waals surface area contributed by atoms with Crippen LogP contribution in [-0.2, 0) is 6.42 Å². The van der Waals surface area contributed by atoms with E-state index in [1.54, 1.807) is 6.26 Å². The van der Waals surface area contributed by atoms with Gasteiger partial charge in [-0.3, -0.25) is 4.99 Å². The lowest BCUT2D eigenvalue weighted by atomic mass is 10.1. The smallest absolute Gasteiger partial charge is 0.226 e. The molecule has 2 aromatic rings. The van der Waals surface area contributed by atoms with Crippen LogP contribution in [0.25, 0.3) is 11.5 Å². The molecule has 1 aromatic heterocycles. The highest BCUT2D eigenvalue weighted by molar-refractivity contribution is 14.0. The summed E-state index contributed by atoms with van der Waals surface area (Å²) in [7, 11) is 0. The number of aliphatic imine (C=N–C) groups is 1. The van der Waals surface area contributed by atoms with Crippen molar-refractivity contribution in [3.8, 4) is 23.8 Å². The van der Waals surface area contributed by atoms with Gasteiger partial charge in [0.2, 0.25) is 5.89 Å². The van der Waals surface area contributed by atoms with Crippen LogP contribution in [0.4, 0.5) is 0 Å². The lowest BCUT2D eigenvalue weighted by Crippen LogP contribution is -2.37. The molecule has 128 valence electrons. The molecule has 0 bridgehead atoms. The van der Waals surface area contributed by atoms with E-state index in [1.807, 2.05) is 31.2 Å². The van der Waals surface area contributed by atoms with Crippen molar-refractivity contribution in [2.75, 3.05) is 19.6 Å². The third-order valence-electron chi connectivity index (χ3n) is 3.19. The van der Waals surface area contributed by atoms with Crippen LogP contribution < -0.4 is 10.6 Å². The number of hydrogen-bond acceptors (Lipinski definition) is 3. The zero-order valence-electron chi connectivity index (χ0n) is 14.0. The minimum absolute atomic E-state index is 0. The quantitative estimate of drug-likeness (QED) is 0.315. The maximum Gasteiger partial charge on any atom is 0.226 e. The van der Waals surface area contributed by atoms with Crippen molar-refractivity contribution in [1.82, 2.24) is 15.6 Å². The molecule has 5 nitrogen and oxygen atoms in total. The zero-order valence-corrected chi connectivity index (χ0v) is 16.3. The molecule has 1 heterocycles. The standard InChI is InChI=1S/C18H22N4O.HI/c1-4-11-20-18(19-5-2)21-12-10-16-13-23-17(22-16)15-8-6-14(3)7-9-15;/h1,6-9,13H,5,10-12H2,2-3H3,(H2,19,20,21);1H. The van der Waals surface area contributed by atoms with Gasteiger partial charge in [0.05, 0.1) is 12.2 Å². The molecule has 0 saturated carbocycles. The Labute approximate surface area is 160 Å². The molecule has 0 atom stereocenters. The Bertz CT molecular complexity index is 686. The van der Waals surface area contributed by atoms with Crippen molar-refractivity contribution in [3.05, 3.63) is 41.8 Å². The highest BCUT2D eigenvalue weighted by Crippen LogP contribution is 2.19. The number of terminal acetylenes is 1. The van der Waals surface area contributed by atoms with Crippen LogP contribution in [0.1, 0.15) is 18.2 Å². The fourth-order valence-corrected chi connectivity index (χ4v) is 2.01. The number of nitrogens with one attached hydrogen (secondary N) is 2. The molecular formula is C18H23IN4O. The normalized spacial score (nSPS) is 10.6. The molecule has 0 aliphatic rings. The van der Waals surface area contributed by atoms with Crippen LogP contribution in [0, 0.1) is 19.3 Å². The minimum Gasteiger partial charge on any atom is -0.444 e. The molecule has 0 saturated heterocycles. The predicted molar refractivity (Wildman–Crippen MR) is 109 cm³/mol. The zero-order chi connectivity index (χ0) is 16.5. The van der Waals surface area contributed by atoms with Gasteiger partial charge in [-0.05, 0) is 26.0 Å². The van der Waals surface area contributed by atoms with Crippen LogP contribution in [0.2, 0.25) is 0 Å². The summed E-state index contributed by atoms with van der Waals surface area (Å²) >= 11 is 0. The first-order valence-corrected chi connectivity index (χ1v) is 7.70. The second-order valence-corrected chi connectivity index (χ2v) is 5.08. The van der Waals surface area contributed by atoms with Gasteiger partial charge in [-0.1, -0.05) is 23.6 Å². The number of oxazole rings is 1. The summed E-state index contributed by atoms with van der Waals surface area (Å²) in [6.45, 7) is 5.92. The van der Waals surface area contributed by atoms with E-state index in [1.165, 1.54) is 5.56 Å². The molecule has 0 aliphatic heterocycles. The van der Waals surface area contributed by atoms with E-state index < -0.39 is 0 Å². The number of hydrogen-bond donors (Lipinski definition) is 2. The van der Waals surface area contributed by atoms with Crippen molar-refractivity contribution >= 4 is 29.9 Å². The number of halogens is 1. The van der Waals surface area contributed by atoms with E-state index in [2.05, 4.69) is 33.5 Å². The van der Waals surface area contributed by atoms with Crippen LogP contribution in [0.3, 0.4) is 0 Å². The van der Waals surface area contributed by atoms with Crippen molar-refractivity contribution in [1.29, 1.82) is 0 Å². The maximum absolute atomic E-state index is 5.54. The van der Waals surface area contributed by atoms with Gasteiger partial charge in [0.1, 0.15) is 6.26 Å². The Morgan fingerprint density at radius 3 is 2.71 bits per heavy atom. The van der Waals surface area contributed by atoms with Gasteiger partial charge in [-0.25, -0.2) is 4.98 Å². The second-order valence-electron chi connectivity index (χ2n) is 5.08. The third kappa shape index (κ3) is 6.24. The number of rotatable bonds is 6. The van der Waals surface area contributed by atoms with Crippen LogP contribution in [0.15, 0.2) is 39.9 Å². The molecule has 0 unspecified atom stereocenters. The SMILES string of the molecule is C#CCNC(=NCCc1coc(-c2ccc(C)cc2)n1)NCC.I. The van der Waals surface area contributed by atoms with Gasteiger partial charge in [-0.2, -0.15) is 0 Å². The van der Waals surface area contributed by atoms with E-state index >= 15 is 0 Å². The highest BCUT2D eigenvalue weighted by atomic mass is 127. The van der Waals surface area contributed by atoms with Crippen LogP contribution >= 0.6 is 24.0 Å². The van der Waals surface area contributed by atoms with E-state index in [0.717, 1.165) is 17.8 Å². The Morgan fingerprint density at radius 2 is 2.04 bits per heavy atom. The lowest BCUT2D eigenvalue weighted by Gasteiger charge is -2.08. The van der Waals surface area contributed by atoms with Gasteiger partial charge in [0.15, 0.2) is 5.96 Å². The Hall–Kier alpha value is -2.01. The number of aryl methyl sites for hydroxylation is 1. The van der Waals surface area contributed by atoms with Gasteiger partial charge >= 0.3 is 0 Å². The summed E-state index contributed by atoms with van der Waals surface area (Å²) in [4.78, 5) is 8.96. The van der Waals surface area contributed by atoms with Crippen LogP contribution in [0.5, 0.6) is 0 Å². The number of aromatic nitrogens is 1. The molecule has 0 amide bonds. The molecule has 0 spiro atoms. The molecule has 0 aliphatic carbocycles. The molecule has 2 rings (SSSR count). The topological polar surface area (TPSA) is 62.5 Å². The first kappa shape index (κ1) is 20.0. The molecule has 0 fully saturated rings. The first-order chi connectivity index (χ1) is 11.2. The van der Waals surface area contributed by atoms with Crippen molar-refractivity contribution in [2.24, 2.45) is 4.99 Å². The fourth-order valence-electron chi connectivity index (χ4n) is 2.01. The van der Waals surface area contributed by atoms with Gasteiger partial charge in [-0.15, -0.1) is 30.4 Å². The summed E-state index contributed by atoms with van der Waals surface area (Å²) in [5, 5.41) is 6.19. The molecule has 0 radical (unpaired) electrons. The van der Waals surface area contributed by atoms with Gasteiger partial charge in [0.25, 0.3) is 0 Å². The average Bonchev–Trinajstić information content (AvgIpc) is 3.02. The number of benzene rings is 1. The monoisotopic (exact) mass is 438 g/mol. The molecule has 24 heavy (non-hydrogen) atoms. The summed E-state index contributed by atoms with van der Waals surface area (Å²) in [5.74, 6) is 3.89. The Balaban J connectivity index is 0.00000288. The molecule has 1 aromatic carbocycles. The predicted octanol–water partition coefficient (Wildman–Crippen LogP) is 3.00. The van der Waals surface area contributed by atoms with Crippen molar-refractivity contribution in [2.45, 2.75) is 20.3 Å². The fraction of sp³-hybridized carbons (Fsp3) is 0.333. The summed E-state index contributed by atoms with van der Waals surface area (Å²) < 4.78 is 5.54. The van der Waals surface area contributed by atoms with Gasteiger partial charge < -0.3 is 15.1 Å². The highest BCUT2D eigenvalue weighted by Gasteiger charge is 2.06. The van der Waals surface area contributed by atoms with Crippen molar-refractivity contribution < 1.29 is 4.42 Å². The van der Waals surface area contributed by atoms with E-state index in [9.17, 15) is 0 Å². The van der Waals surface area contributed by atoms with E-state index in [4.69, 9.17) is 10.8 Å².